The molecule has 0 radical (unpaired) electrons. The minimum atomic E-state index is -0.946. The van der Waals surface area contributed by atoms with Crippen LogP contribution in [0.25, 0.3) is 10.4 Å². The molecule has 0 spiro atoms. The van der Waals surface area contributed by atoms with Gasteiger partial charge in [-0.15, -0.1) is 11.3 Å². The van der Waals surface area contributed by atoms with Crippen LogP contribution in [0.1, 0.15) is 22.2 Å². The summed E-state index contributed by atoms with van der Waals surface area (Å²) in [6.07, 6.45) is 0.751. The van der Waals surface area contributed by atoms with E-state index < -0.39 is 5.97 Å². The molecule has 16 heavy (non-hydrogen) atoms. The Hall–Kier alpha value is -1.33. The molecule has 2 rings (SSSR count). The maximum Gasteiger partial charge on any atom is 0.348 e. The zero-order chi connectivity index (χ0) is 11.7. The highest BCUT2D eigenvalue weighted by Crippen LogP contribution is 2.39. The van der Waals surface area contributed by atoms with Gasteiger partial charge in [-0.2, -0.15) is 11.3 Å². The van der Waals surface area contributed by atoms with Gasteiger partial charge >= 0.3 is 5.97 Å². The molecule has 0 aliphatic rings. The van der Waals surface area contributed by atoms with Gasteiger partial charge in [-0.05, 0) is 28.8 Å². The van der Waals surface area contributed by atoms with Crippen LogP contribution in [-0.2, 0) is 6.42 Å². The fraction of sp³-hybridized carbons (Fsp3) is 0.182. The standard InChI is InChI=1S/C11H11NO2S2/c1-2-7-8(12)10(11(13)14)16-9(7)6-3-4-15-5-6/h3-5H,2,12H2,1H3,(H,13,14). The Morgan fingerprint density at radius 1 is 1.56 bits per heavy atom. The van der Waals surface area contributed by atoms with Crippen LogP contribution >= 0.6 is 22.7 Å². The highest BCUT2D eigenvalue weighted by atomic mass is 32.1. The molecule has 0 fully saturated rings. The first-order valence-corrected chi connectivity index (χ1v) is 6.58. The third kappa shape index (κ3) is 1.72. The lowest BCUT2D eigenvalue weighted by Crippen LogP contribution is -1.99. The second-order valence-electron chi connectivity index (χ2n) is 3.32. The monoisotopic (exact) mass is 253 g/mol. The van der Waals surface area contributed by atoms with Crippen molar-refractivity contribution in [2.45, 2.75) is 13.3 Å². The third-order valence-corrected chi connectivity index (χ3v) is 4.35. The maximum absolute atomic E-state index is 11.0. The Kier molecular flexibility index (Phi) is 2.98. The van der Waals surface area contributed by atoms with Gasteiger partial charge in [-0.3, -0.25) is 0 Å². The van der Waals surface area contributed by atoms with Crippen molar-refractivity contribution in [1.82, 2.24) is 0 Å². The van der Waals surface area contributed by atoms with Crippen LogP contribution in [0.3, 0.4) is 0 Å². The molecule has 0 saturated carbocycles. The molecule has 0 unspecified atom stereocenters. The van der Waals surface area contributed by atoms with E-state index in [0.717, 1.165) is 22.4 Å². The average molecular weight is 253 g/mol. The first kappa shape index (κ1) is 11.2. The van der Waals surface area contributed by atoms with Gasteiger partial charge in [-0.25, -0.2) is 4.79 Å². The Morgan fingerprint density at radius 3 is 2.81 bits per heavy atom. The predicted molar refractivity (Wildman–Crippen MR) is 68.4 cm³/mol. The lowest BCUT2D eigenvalue weighted by Gasteiger charge is -1.99. The second-order valence-corrected chi connectivity index (χ2v) is 5.12. The van der Waals surface area contributed by atoms with E-state index in [9.17, 15) is 4.79 Å². The highest BCUT2D eigenvalue weighted by Gasteiger charge is 2.20. The Morgan fingerprint density at radius 2 is 2.31 bits per heavy atom. The summed E-state index contributed by atoms with van der Waals surface area (Å²) in [4.78, 5) is 12.2. The lowest BCUT2D eigenvalue weighted by molar-refractivity contribution is 0.0703. The van der Waals surface area contributed by atoms with Crippen molar-refractivity contribution in [1.29, 1.82) is 0 Å². The molecular weight excluding hydrogens is 242 g/mol. The van der Waals surface area contributed by atoms with Crippen LogP contribution in [0.2, 0.25) is 0 Å². The zero-order valence-corrected chi connectivity index (χ0v) is 10.3. The molecule has 0 aliphatic heterocycles. The van der Waals surface area contributed by atoms with Gasteiger partial charge in [0, 0.05) is 10.4 Å². The maximum atomic E-state index is 11.0. The van der Waals surface area contributed by atoms with E-state index in [1.165, 1.54) is 11.3 Å². The van der Waals surface area contributed by atoms with Crippen molar-refractivity contribution in [3.8, 4) is 10.4 Å². The molecule has 0 atom stereocenters. The van der Waals surface area contributed by atoms with Gasteiger partial charge in [0.1, 0.15) is 4.88 Å². The number of hydrogen-bond acceptors (Lipinski definition) is 4. The number of thiophene rings is 2. The smallest absolute Gasteiger partial charge is 0.348 e. The number of rotatable bonds is 3. The van der Waals surface area contributed by atoms with Crippen LogP contribution in [0, 0.1) is 0 Å². The molecule has 0 amide bonds. The summed E-state index contributed by atoms with van der Waals surface area (Å²) < 4.78 is 0. The van der Waals surface area contributed by atoms with Crippen LogP contribution in [0.15, 0.2) is 16.8 Å². The largest absolute Gasteiger partial charge is 0.477 e. The molecule has 2 aromatic heterocycles. The minimum Gasteiger partial charge on any atom is -0.477 e. The fourth-order valence-electron chi connectivity index (χ4n) is 1.61. The summed E-state index contributed by atoms with van der Waals surface area (Å²) in [5, 5.41) is 13.0. The van der Waals surface area contributed by atoms with Crippen LogP contribution in [0.5, 0.6) is 0 Å². The molecule has 0 saturated heterocycles. The van der Waals surface area contributed by atoms with Crippen molar-refractivity contribution >= 4 is 34.3 Å². The van der Waals surface area contributed by atoms with Gasteiger partial charge in [0.2, 0.25) is 0 Å². The molecule has 0 bridgehead atoms. The van der Waals surface area contributed by atoms with Crippen molar-refractivity contribution in [3.63, 3.8) is 0 Å². The fourth-order valence-corrected chi connectivity index (χ4v) is 3.48. The summed E-state index contributed by atoms with van der Waals surface area (Å²) >= 11 is 2.85. The van der Waals surface area contributed by atoms with E-state index in [-0.39, 0.29) is 4.88 Å². The summed E-state index contributed by atoms with van der Waals surface area (Å²) in [6.45, 7) is 1.99. The van der Waals surface area contributed by atoms with Gasteiger partial charge in [-0.1, -0.05) is 6.92 Å². The SMILES string of the molecule is CCc1c(-c2ccsc2)sc(C(=O)O)c1N. The topological polar surface area (TPSA) is 63.3 Å². The van der Waals surface area contributed by atoms with Crippen molar-refractivity contribution in [3.05, 3.63) is 27.3 Å². The van der Waals surface area contributed by atoms with E-state index >= 15 is 0 Å². The summed E-state index contributed by atoms with van der Waals surface area (Å²) in [5.74, 6) is -0.946. The number of nitrogen functional groups attached to an aromatic ring is 1. The number of carbonyl (C=O) groups is 1. The van der Waals surface area contributed by atoms with Crippen molar-refractivity contribution in [2.24, 2.45) is 0 Å². The molecule has 2 aromatic rings. The third-order valence-electron chi connectivity index (χ3n) is 2.38. The van der Waals surface area contributed by atoms with Gasteiger partial charge in [0.05, 0.1) is 5.69 Å². The second kappa shape index (κ2) is 4.27. The van der Waals surface area contributed by atoms with Gasteiger partial charge in [0.25, 0.3) is 0 Å². The van der Waals surface area contributed by atoms with Crippen LogP contribution in [0.4, 0.5) is 5.69 Å². The summed E-state index contributed by atoms with van der Waals surface area (Å²) in [5.41, 5.74) is 8.28. The molecule has 0 aliphatic carbocycles. The molecular formula is C11H11NO2S2. The van der Waals surface area contributed by atoms with E-state index in [4.69, 9.17) is 10.8 Å². The number of carboxylic acids is 1. The van der Waals surface area contributed by atoms with E-state index in [2.05, 4.69) is 0 Å². The summed E-state index contributed by atoms with van der Waals surface area (Å²) in [7, 11) is 0. The van der Waals surface area contributed by atoms with Crippen molar-refractivity contribution < 1.29 is 9.90 Å². The van der Waals surface area contributed by atoms with Crippen LogP contribution in [-0.4, -0.2) is 11.1 Å². The first-order chi connectivity index (χ1) is 7.65. The number of aromatic carboxylic acids is 1. The number of carboxylic acid groups (broad SMARTS) is 1. The molecule has 5 heteroatoms. The number of nitrogens with two attached hydrogens (primary N) is 1. The predicted octanol–water partition coefficient (Wildman–Crippen LogP) is 3.32. The summed E-state index contributed by atoms with van der Waals surface area (Å²) in [6, 6.07) is 1.99. The van der Waals surface area contributed by atoms with E-state index in [0.29, 0.717) is 5.69 Å². The number of anilines is 1. The van der Waals surface area contributed by atoms with E-state index in [1.807, 2.05) is 23.8 Å². The molecule has 3 nitrogen and oxygen atoms in total. The average Bonchev–Trinajstić information content (AvgIpc) is 2.83. The first-order valence-electron chi connectivity index (χ1n) is 4.82. The van der Waals surface area contributed by atoms with Gasteiger partial charge in [0.15, 0.2) is 0 Å². The Balaban J connectivity index is 2.62. The molecule has 0 aromatic carbocycles. The van der Waals surface area contributed by atoms with E-state index in [1.54, 1.807) is 11.3 Å². The molecule has 2 heterocycles. The van der Waals surface area contributed by atoms with Gasteiger partial charge < -0.3 is 10.8 Å². The molecule has 3 N–H and O–H groups in total. The quantitative estimate of drug-likeness (QED) is 0.882. The minimum absolute atomic E-state index is 0.248. The lowest BCUT2D eigenvalue weighted by atomic mass is 10.1. The molecule has 84 valence electrons. The van der Waals surface area contributed by atoms with Crippen molar-refractivity contribution in [2.75, 3.05) is 5.73 Å². The van der Waals surface area contributed by atoms with Crippen LogP contribution < -0.4 is 5.73 Å². The highest BCUT2D eigenvalue weighted by molar-refractivity contribution is 7.18. The normalized spacial score (nSPS) is 10.6. The Labute approximate surface area is 101 Å². The Bertz CT molecular complexity index is 514. The number of hydrogen-bond donors (Lipinski definition) is 2. The zero-order valence-electron chi connectivity index (χ0n) is 8.69.